The van der Waals surface area contributed by atoms with Crippen molar-refractivity contribution in [3.63, 3.8) is 0 Å². The van der Waals surface area contributed by atoms with Gasteiger partial charge in [0, 0.05) is 23.0 Å². The van der Waals surface area contributed by atoms with Gasteiger partial charge in [0.05, 0.1) is 48.2 Å². The maximum atomic E-state index is 5.83. The van der Waals surface area contributed by atoms with Crippen LogP contribution in [0.2, 0.25) is 0 Å². The van der Waals surface area contributed by atoms with Gasteiger partial charge in [-0.05, 0) is 45.0 Å². The van der Waals surface area contributed by atoms with Crippen molar-refractivity contribution in [3.05, 3.63) is 60.1 Å². The summed E-state index contributed by atoms with van der Waals surface area (Å²) in [5, 5.41) is 5.99. The number of pyridine rings is 1. The highest BCUT2D eigenvalue weighted by Gasteiger charge is 2.22. The third kappa shape index (κ3) is 3.82. The second kappa shape index (κ2) is 9.12. The molecular formula is C26H26N4O3S. The summed E-state index contributed by atoms with van der Waals surface area (Å²) in [5.41, 5.74) is 5.36. The molecule has 1 atom stereocenters. The second-order valence-corrected chi connectivity index (χ2v) is 9.29. The van der Waals surface area contributed by atoms with E-state index in [1.807, 2.05) is 50.4 Å². The lowest BCUT2D eigenvalue weighted by molar-refractivity contribution is 0.160. The van der Waals surface area contributed by atoms with Crippen molar-refractivity contribution in [1.29, 1.82) is 0 Å². The molecule has 0 saturated carbocycles. The minimum atomic E-state index is 0.0695. The largest absolute Gasteiger partial charge is 0.496 e. The lowest BCUT2D eigenvalue weighted by Crippen LogP contribution is -2.12. The maximum Gasteiger partial charge on any atom is 0.174 e. The molecule has 7 nitrogen and oxygen atoms in total. The summed E-state index contributed by atoms with van der Waals surface area (Å²) in [5.74, 6) is 1.48. The Bertz CT molecular complexity index is 1460. The predicted octanol–water partition coefficient (Wildman–Crippen LogP) is 6.22. The number of hydrogen-bond donors (Lipinski definition) is 0. The summed E-state index contributed by atoms with van der Waals surface area (Å²) in [6.07, 6.45) is 1.84. The molecule has 3 heterocycles. The number of methoxy groups -OCH3 is 2. The fraction of sp³-hybridized carbons (Fsp3) is 0.269. The smallest absolute Gasteiger partial charge is 0.174 e. The van der Waals surface area contributed by atoms with Crippen molar-refractivity contribution in [2.24, 2.45) is 0 Å². The van der Waals surface area contributed by atoms with Gasteiger partial charge in [0.1, 0.15) is 17.0 Å². The number of aryl methyl sites for hydroxylation is 2. The molecule has 0 fully saturated rings. The van der Waals surface area contributed by atoms with Crippen LogP contribution in [0.4, 0.5) is 0 Å². The molecule has 0 aliphatic rings. The Morgan fingerprint density at radius 3 is 2.56 bits per heavy atom. The zero-order valence-corrected chi connectivity index (χ0v) is 20.6. The van der Waals surface area contributed by atoms with Crippen LogP contribution in [0, 0.1) is 13.8 Å². The zero-order chi connectivity index (χ0) is 23.8. The first-order valence-corrected chi connectivity index (χ1v) is 11.9. The molecule has 2 aromatic carbocycles. The van der Waals surface area contributed by atoms with Gasteiger partial charge in [-0.3, -0.25) is 4.98 Å². The highest BCUT2D eigenvalue weighted by atomic mass is 32.2. The number of benzene rings is 2. The van der Waals surface area contributed by atoms with Crippen LogP contribution < -0.4 is 4.74 Å². The van der Waals surface area contributed by atoms with Crippen molar-refractivity contribution < 1.29 is 14.0 Å². The minimum Gasteiger partial charge on any atom is -0.496 e. The molecule has 174 valence electrons. The van der Waals surface area contributed by atoms with Gasteiger partial charge in [0.15, 0.2) is 5.16 Å². The van der Waals surface area contributed by atoms with Gasteiger partial charge in [-0.1, -0.05) is 35.1 Å². The van der Waals surface area contributed by atoms with Crippen LogP contribution in [0.1, 0.15) is 24.4 Å². The van der Waals surface area contributed by atoms with Gasteiger partial charge in [0.25, 0.3) is 0 Å². The molecule has 0 saturated heterocycles. The molecule has 0 unspecified atom stereocenters. The topological polar surface area (TPSA) is 75.2 Å². The molecule has 34 heavy (non-hydrogen) atoms. The molecule has 0 bridgehead atoms. The van der Waals surface area contributed by atoms with E-state index in [0.29, 0.717) is 6.61 Å². The van der Waals surface area contributed by atoms with Gasteiger partial charge < -0.3 is 18.6 Å². The van der Waals surface area contributed by atoms with E-state index in [2.05, 4.69) is 28.8 Å². The molecule has 5 rings (SSSR count). The second-order valence-electron chi connectivity index (χ2n) is 8.24. The Morgan fingerprint density at radius 1 is 1.09 bits per heavy atom. The monoisotopic (exact) mass is 474 g/mol. The van der Waals surface area contributed by atoms with Crippen LogP contribution in [-0.4, -0.2) is 40.5 Å². The van der Waals surface area contributed by atoms with Gasteiger partial charge in [-0.15, -0.1) is 0 Å². The van der Waals surface area contributed by atoms with Crippen molar-refractivity contribution in [2.75, 3.05) is 20.8 Å². The normalized spacial score (nSPS) is 12.5. The molecule has 3 aromatic heterocycles. The number of ether oxygens (including phenoxy) is 2. The van der Waals surface area contributed by atoms with E-state index < -0.39 is 0 Å². The Morgan fingerprint density at radius 2 is 1.88 bits per heavy atom. The quantitative estimate of drug-likeness (QED) is 0.277. The number of aromatic nitrogens is 4. The van der Waals surface area contributed by atoms with Crippen LogP contribution >= 0.6 is 11.8 Å². The molecule has 0 amide bonds. The van der Waals surface area contributed by atoms with Crippen LogP contribution in [0.25, 0.3) is 33.1 Å². The first kappa shape index (κ1) is 22.4. The first-order chi connectivity index (χ1) is 16.5. The van der Waals surface area contributed by atoms with Gasteiger partial charge in [-0.25, -0.2) is 4.98 Å². The average molecular weight is 475 g/mol. The molecule has 0 N–H and O–H groups in total. The van der Waals surface area contributed by atoms with Gasteiger partial charge in [0.2, 0.25) is 0 Å². The fourth-order valence-corrected chi connectivity index (χ4v) is 5.42. The van der Waals surface area contributed by atoms with Crippen molar-refractivity contribution in [3.8, 4) is 16.9 Å². The Kier molecular flexibility index (Phi) is 6.02. The van der Waals surface area contributed by atoms with Crippen LogP contribution in [0.5, 0.6) is 5.75 Å². The van der Waals surface area contributed by atoms with E-state index >= 15 is 0 Å². The first-order valence-electron chi connectivity index (χ1n) is 11.1. The SMILES string of the molecule is COC[C@@H](C)n1c(Sc2ccccc2)nc2cnc3cc(-c4c(C)noc4C)c(OC)cc3c21. The number of imidazole rings is 1. The van der Waals surface area contributed by atoms with E-state index in [4.69, 9.17) is 24.0 Å². The summed E-state index contributed by atoms with van der Waals surface area (Å²) in [4.78, 5) is 10.8. The molecule has 0 spiro atoms. The molecular weight excluding hydrogens is 448 g/mol. The van der Waals surface area contributed by atoms with Crippen molar-refractivity contribution >= 4 is 33.7 Å². The fourth-order valence-electron chi connectivity index (χ4n) is 4.40. The lowest BCUT2D eigenvalue weighted by Gasteiger charge is -2.18. The third-order valence-corrected chi connectivity index (χ3v) is 6.89. The van der Waals surface area contributed by atoms with Crippen LogP contribution in [0.3, 0.4) is 0 Å². The highest BCUT2D eigenvalue weighted by molar-refractivity contribution is 7.99. The summed E-state index contributed by atoms with van der Waals surface area (Å²) in [7, 11) is 3.40. The number of nitrogens with zero attached hydrogens (tertiary/aromatic N) is 4. The zero-order valence-electron chi connectivity index (χ0n) is 19.8. The molecule has 8 heteroatoms. The third-order valence-electron chi connectivity index (χ3n) is 5.91. The summed E-state index contributed by atoms with van der Waals surface area (Å²) >= 11 is 1.63. The Balaban J connectivity index is 1.77. The van der Waals surface area contributed by atoms with Gasteiger partial charge >= 0.3 is 0 Å². The summed E-state index contributed by atoms with van der Waals surface area (Å²) in [6.45, 7) is 6.54. The molecule has 0 aliphatic carbocycles. The molecule has 5 aromatic rings. The van der Waals surface area contributed by atoms with Crippen molar-refractivity contribution in [1.82, 2.24) is 19.7 Å². The van der Waals surface area contributed by atoms with E-state index in [9.17, 15) is 0 Å². The Hall–Kier alpha value is -3.36. The standard InChI is InChI=1S/C26H26N4O3S/c1-15(14-31-4)30-25-19-12-23(32-5)20(24-16(2)29-33-17(24)3)11-21(19)27-13-22(25)28-26(30)34-18-9-7-6-8-10-18/h6-13,15H,14H2,1-5H3/t15-/m1/s1. The van der Waals surface area contributed by atoms with E-state index in [0.717, 1.165) is 60.3 Å². The Labute approximate surface area is 202 Å². The summed E-state index contributed by atoms with van der Waals surface area (Å²) in [6, 6.07) is 14.4. The van der Waals surface area contributed by atoms with Gasteiger partial charge in [-0.2, -0.15) is 0 Å². The highest BCUT2D eigenvalue weighted by Crippen LogP contribution is 2.41. The maximum absolute atomic E-state index is 5.83. The molecule has 0 aliphatic heterocycles. The lowest BCUT2D eigenvalue weighted by atomic mass is 10.0. The summed E-state index contributed by atoms with van der Waals surface area (Å²) < 4.78 is 19.0. The number of fused-ring (bicyclic) bond motifs is 3. The van der Waals surface area contributed by atoms with E-state index in [-0.39, 0.29) is 6.04 Å². The predicted molar refractivity (Wildman–Crippen MR) is 134 cm³/mol. The van der Waals surface area contributed by atoms with E-state index in [1.165, 1.54) is 0 Å². The van der Waals surface area contributed by atoms with Crippen LogP contribution in [0.15, 0.2) is 63.2 Å². The minimum absolute atomic E-state index is 0.0695. The van der Waals surface area contributed by atoms with Crippen molar-refractivity contribution in [2.45, 2.75) is 36.9 Å². The molecule has 0 radical (unpaired) electrons. The van der Waals surface area contributed by atoms with Crippen LogP contribution in [-0.2, 0) is 4.74 Å². The number of hydrogen-bond acceptors (Lipinski definition) is 7. The van der Waals surface area contributed by atoms with E-state index in [1.54, 1.807) is 26.0 Å². The number of rotatable bonds is 7. The average Bonchev–Trinajstić information content (AvgIpc) is 3.38.